The van der Waals surface area contributed by atoms with Gasteiger partial charge in [-0.2, -0.15) is 5.10 Å². The average Bonchev–Trinajstić information content (AvgIpc) is 3.07. The third-order valence-electron chi connectivity index (χ3n) is 5.27. The minimum absolute atomic E-state index is 0. The van der Waals surface area contributed by atoms with Crippen molar-refractivity contribution in [1.82, 2.24) is 15.1 Å². The Morgan fingerprint density at radius 3 is 2.68 bits per heavy atom. The van der Waals surface area contributed by atoms with Crippen molar-refractivity contribution in [3.63, 3.8) is 0 Å². The van der Waals surface area contributed by atoms with Gasteiger partial charge in [0.05, 0.1) is 11.7 Å². The molecule has 0 saturated heterocycles. The number of halogens is 1. The molecule has 1 saturated carbocycles. The number of nitrogens with zero attached hydrogens (tertiary/aromatic N) is 2. The van der Waals surface area contributed by atoms with Crippen LogP contribution in [0.3, 0.4) is 0 Å². The van der Waals surface area contributed by atoms with Crippen LogP contribution in [-0.2, 0) is 0 Å². The number of hydrogen-bond acceptors (Lipinski definition) is 3. The van der Waals surface area contributed by atoms with E-state index < -0.39 is 0 Å². The highest BCUT2D eigenvalue weighted by molar-refractivity contribution is 5.85. The van der Waals surface area contributed by atoms with Crippen LogP contribution in [0, 0.1) is 6.92 Å². The van der Waals surface area contributed by atoms with E-state index in [1.54, 1.807) is 0 Å². The van der Waals surface area contributed by atoms with Gasteiger partial charge in [0.25, 0.3) is 0 Å². The molecule has 4 nitrogen and oxygen atoms in total. The third kappa shape index (κ3) is 4.68. The summed E-state index contributed by atoms with van der Waals surface area (Å²) in [4.78, 5) is 2.68. The molecule has 1 aromatic carbocycles. The molecule has 25 heavy (non-hydrogen) atoms. The maximum absolute atomic E-state index is 6.43. The lowest BCUT2D eigenvalue weighted by atomic mass is 9.91. The van der Waals surface area contributed by atoms with Crippen LogP contribution in [0.4, 0.5) is 0 Å². The number of aromatic amines is 1. The zero-order valence-corrected chi connectivity index (χ0v) is 16.6. The van der Waals surface area contributed by atoms with Crippen LogP contribution < -0.4 is 4.74 Å². The molecule has 1 N–H and O–H groups in total. The van der Waals surface area contributed by atoms with Gasteiger partial charge in [-0.1, -0.05) is 13.8 Å². The quantitative estimate of drug-likeness (QED) is 0.741. The van der Waals surface area contributed by atoms with E-state index in [1.165, 1.54) is 56.1 Å². The first-order valence-corrected chi connectivity index (χ1v) is 9.56. The van der Waals surface area contributed by atoms with Gasteiger partial charge in [0.15, 0.2) is 0 Å². The summed E-state index contributed by atoms with van der Waals surface area (Å²) in [6.45, 7) is 9.12. The maximum Gasteiger partial charge on any atom is 0.123 e. The molecular formula is C20H32ClN3O. The molecule has 1 aliphatic rings. The zero-order chi connectivity index (χ0) is 16.9. The molecular weight excluding hydrogens is 334 g/mol. The molecule has 1 fully saturated rings. The summed E-state index contributed by atoms with van der Waals surface area (Å²) in [6, 6.07) is 4.85. The van der Waals surface area contributed by atoms with Crippen molar-refractivity contribution in [2.45, 2.75) is 71.4 Å². The fraction of sp³-hybridized carbons (Fsp3) is 0.650. The maximum atomic E-state index is 6.43. The van der Waals surface area contributed by atoms with Gasteiger partial charge in [-0.05, 0) is 70.7 Å². The van der Waals surface area contributed by atoms with Crippen molar-refractivity contribution in [3.8, 4) is 5.75 Å². The van der Waals surface area contributed by atoms with E-state index in [0.717, 1.165) is 17.7 Å². The lowest BCUT2D eigenvalue weighted by molar-refractivity contribution is 0.0757. The highest BCUT2D eigenvalue weighted by Gasteiger charge is 2.27. The highest BCUT2D eigenvalue weighted by atomic mass is 35.5. The van der Waals surface area contributed by atoms with Crippen molar-refractivity contribution in [2.24, 2.45) is 0 Å². The summed E-state index contributed by atoms with van der Waals surface area (Å²) in [6.07, 6.45) is 9.62. The van der Waals surface area contributed by atoms with Crippen LogP contribution in [0.2, 0.25) is 0 Å². The van der Waals surface area contributed by atoms with E-state index in [1.807, 2.05) is 6.20 Å². The lowest BCUT2D eigenvalue weighted by Crippen LogP contribution is -2.42. The minimum atomic E-state index is 0. The first kappa shape index (κ1) is 20.1. The van der Waals surface area contributed by atoms with E-state index in [4.69, 9.17) is 4.74 Å². The number of benzene rings is 1. The largest absolute Gasteiger partial charge is 0.490 e. The van der Waals surface area contributed by atoms with E-state index in [0.29, 0.717) is 12.1 Å². The molecule has 0 radical (unpaired) electrons. The highest BCUT2D eigenvalue weighted by Crippen LogP contribution is 2.31. The second-order valence-electron chi connectivity index (χ2n) is 7.12. The summed E-state index contributed by atoms with van der Waals surface area (Å²) < 4.78 is 6.43. The molecule has 1 aliphatic carbocycles. The van der Waals surface area contributed by atoms with Gasteiger partial charge in [0.2, 0.25) is 0 Å². The monoisotopic (exact) mass is 365 g/mol. The van der Waals surface area contributed by atoms with E-state index in [2.05, 4.69) is 48.0 Å². The van der Waals surface area contributed by atoms with Crippen LogP contribution >= 0.6 is 12.4 Å². The smallest absolute Gasteiger partial charge is 0.123 e. The number of ether oxygens (including phenoxy) is 1. The van der Waals surface area contributed by atoms with Crippen molar-refractivity contribution in [1.29, 1.82) is 0 Å². The van der Waals surface area contributed by atoms with Crippen LogP contribution in [0.25, 0.3) is 10.9 Å². The number of fused-ring (bicyclic) bond motifs is 1. The summed E-state index contributed by atoms with van der Waals surface area (Å²) >= 11 is 0. The molecule has 0 bridgehead atoms. The fourth-order valence-corrected chi connectivity index (χ4v) is 4.06. The van der Waals surface area contributed by atoms with Gasteiger partial charge in [0.1, 0.15) is 11.9 Å². The van der Waals surface area contributed by atoms with E-state index >= 15 is 0 Å². The van der Waals surface area contributed by atoms with Gasteiger partial charge in [-0.25, -0.2) is 0 Å². The number of rotatable bonds is 7. The summed E-state index contributed by atoms with van der Waals surface area (Å²) in [5.41, 5.74) is 2.28. The van der Waals surface area contributed by atoms with Crippen molar-refractivity contribution >= 4 is 23.3 Å². The van der Waals surface area contributed by atoms with Crippen LogP contribution in [-0.4, -0.2) is 40.3 Å². The second kappa shape index (κ2) is 9.44. The lowest BCUT2D eigenvalue weighted by Gasteiger charge is -2.37. The molecule has 0 aliphatic heterocycles. The van der Waals surface area contributed by atoms with Crippen molar-refractivity contribution in [3.05, 3.63) is 23.9 Å². The molecule has 0 spiro atoms. The topological polar surface area (TPSA) is 41.1 Å². The second-order valence-corrected chi connectivity index (χ2v) is 7.12. The molecule has 3 rings (SSSR count). The van der Waals surface area contributed by atoms with E-state index in [9.17, 15) is 0 Å². The number of H-pyrrole nitrogens is 1. The molecule has 0 unspecified atom stereocenters. The average molecular weight is 366 g/mol. The summed E-state index contributed by atoms with van der Waals surface area (Å²) in [5, 5.41) is 8.33. The third-order valence-corrected chi connectivity index (χ3v) is 5.27. The van der Waals surface area contributed by atoms with Crippen molar-refractivity contribution in [2.75, 3.05) is 13.1 Å². The number of aromatic nitrogens is 2. The normalized spacial score (nSPS) is 20.6. The van der Waals surface area contributed by atoms with Crippen LogP contribution in [0.15, 0.2) is 18.3 Å². The Morgan fingerprint density at radius 1 is 1.20 bits per heavy atom. The Labute approximate surface area is 157 Å². The molecule has 1 aromatic heterocycles. The predicted molar refractivity (Wildman–Crippen MR) is 107 cm³/mol. The van der Waals surface area contributed by atoms with Crippen molar-refractivity contribution < 1.29 is 4.74 Å². The first-order chi connectivity index (χ1) is 11.7. The molecule has 2 atom stereocenters. The fourth-order valence-electron chi connectivity index (χ4n) is 4.06. The Bertz CT molecular complexity index is 651. The Balaban J connectivity index is 0.00000225. The molecule has 1 heterocycles. The molecule has 5 heteroatoms. The molecule has 0 amide bonds. The number of aryl methyl sites for hydroxylation is 1. The number of hydrogen-bond donors (Lipinski definition) is 1. The van der Waals surface area contributed by atoms with Crippen LogP contribution in [0.5, 0.6) is 5.75 Å². The zero-order valence-electron chi connectivity index (χ0n) is 15.8. The summed E-state index contributed by atoms with van der Waals surface area (Å²) in [5.74, 6) is 1.02. The molecule has 2 aromatic rings. The van der Waals surface area contributed by atoms with Gasteiger partial charge >= 0.3 is 0 Å². The Hall–Kier alpha value is -1.26. The predicted octanol–water partition coefficient (Wildman–Crippen LogP) is 5.11. The van der Waals surface area contributed by atoms with Gasteiger partial charge in [-0.3, -0.25) is 5.10 Å². The SMILES string of the molecule is CCCN(CCC)[C@@H]1CCC[C@@H](Oc2ccc3[nH]ncc3c2C)C1.Cl. The van der Waals surface area contributed by atoms with Gasteiger partial charge < -0.3 is 9.64 Å². The van der Waals surface area contributed by atoms with Crippen LogP contribution in [0.1, 0.15) is 57.9 Å². The minimum Gasteiger partial charge on any atom is -0.490 e. The summed E-state index contributed by atoms with van der Waals surface area (Å²) in [7, 11) is 0. The Kier molecular flexibility index (Phi) is 7.57. The van der Waals surface area contributed by atoms with Gasteiger partial charge in [-0.15, -0.1) is 12.4 Å². The molecule has 140 valence electrons. The van der Waals surface area contributed by atoms with Gasteiger partial charge in [0, 0.05) is 17.0 Å². The standard InChI is InChI=1S/C20H31N3O.ClH/c1-4-11-23(12-5-2)16-7-6-8-17(13-16)24-20-10-9-19-18(15(20)3)14-21-22-19;/h9-10,14,16-17H,4-8,11-13H2,1-3H3,(H,21,22);1H/t16-,17-;/m1./s1. The van der Waals surface area contributed by atoms with E-state index in [-0.39, 0.29) is 12.4 Å². The first-order valence-electron chi connectivity index (χ1n) is 9.56. The number of nitrogens with one attached hydrogen (secondary N) is 1. The Morgan fingerprint density at radius 2 is 1.96 bits per heavy atom.